The fourth-order valence-corrected chi connectivity index (χ4v) is 2.08. The fourth-order valence-electron chi connectivity index (χ4n) is 1.89. The number of rotatable bonds is 12. The summed E-state index contributed by atoms with van der Waals surface area (Å²) in [4.78, 5) is 0. The van der Waals surface area contributed by atoms with E-state index in [1.165, 1.54) is 25.7 Å². The second-order valence-corrected chi connectivity index (χ2v) is 4.85. The monoisotopic (exact) mass is 264 g/mol. The molecule has 0 bridgehead atoms. The van der Waals surface area contributed by atoms with Gasteiger partial charge in [0.25, 0.3) is 0 Å². The molecule has 0 aromatic carbocycles. The summed E-state index contributed by atoms with van der Waals surface area (Å²) >= 11 is 5.61. The second kappa shape index (κ2) is 12.7. The van der Waals surface area contributed by atoms with Gasteiger partial charge in [-0.15, -0.1) is 11.6 Å². The largest absolute Gasteiger partial charge is 0.634 e. The Balaban J connectivity index is 3.61. The van der Waals surface area contributed by atoms with Crippen molar-refractivity contribution >= 4 is 18.9 Å². The first-order valence-corrected chi connectivity index (χ1v) is 7.31. The third-order valence-electron chi connectivity index (χ3n) is 2.85. The molecule has 0 saturated heterocycles. The topological polar surface area (TPSA) is 49.7 Å². The zero-order chi connectivity index (χ0) is 12.9. The molecule has 0 aromatic rings. The summed E-state index contributed by atoms with van der Waals surface area (Å²) in [5, 5.41) is 17.7. The molecule has 2 N–H and O–H groups in total. The van der Waals surface area contributed by atoms with Gasteiger partial charge in [-0.25, -0.2) is 0 Å². The summed E-state index contributed by atoms with van der Waals surface area (Å²) in [5.41, 5.74) is 0. The normalized spacial score (nSPS) is 12.7. The molecule has 1 atom stereocenters. The molecule has 0 radical (unpaired) electrons. The van der Waals surface area contributed by atoms with E-state index in [9.17, 15) is 0 Å². The summed E-state index contributed by atoms with van der Waals surface area (Å²) in [6.45, 7) is 2.19. The van der Waals surface area contributed by atoms with Gasteiger partial charge in [0.1, 0.15) is 0 Å². The van der Waals surface area contributed by atoms with Crippen molar-refractivity contribution in [3.8, 4) is 0 Å². The summed E-state index contributed by atoms with van der Waals surface area (Å²) in [6, 6.07) is 0. The van der Waals surface area contributed by atoms with E-state index in [2.05, 4.69) is 6.92 Å². The van der Waals surface area contributed by atoms with Crippen LogP contribution in [0.4, 0.5) is 0 Å². The van der Waals surface area contributed by atoms with Gasteiger partial charge in [0, 0.05) is 12.0 Å². The van der Waals surface area contributed by atoms with Gasteiger partial charge in [-0.3, -0.25) is 0 Å². The lowest BCUT2D eigenvalue weighted by Gasteiger charge is -2.17. The molecule has 0 rings (SSSR count). The Morgan fingerprint density at radius 3 is 2.12 bits per heavy atom. The minimum atomic E-state index is -1.65. The Kier molecular flexibility index (Phi) is 12.9. The van der Waals surface area contributed by atoms with E-state index in [0.29, 0.717) is 5.88 Å². The number of unbranched alkanes of at least 4 members (excludes halogenated alkanes) is 5. The first-order valence-electron chi connectivity index (χ1n) is 6.78. The number of hydrogen-bond donors (Lipinski definition) is 2. The summed E-state index contributed by atoms with van der Waals surface area (Å²) in [7, 11) is -1.65. The molecule has 17 heavy (non-hydrogen) atoms. The Morgan fingerprint density at radius 2 is 1.59 bits per heavy atom. The lowest BCUT2D eigenvalue weighted by Crippen LogP contribution is -2.26. The lowest BCUT2D eigenvalue weighted by molar-refractivity contribution is 0.101. The van der Waals surface area contributed by atoms with Gasteiger partial charge in [0.05, 0.1) is 0 Å². The van der Waals surface area contributed by atoms with Crippen LogP contribution in [-0.2, 0) is 4.65 Å². The van der Waals surface area contributed by atoms with Crippen LogP contribution in [0.15, 0.2) is 0 Å². The van der Waals surface area contributed by atoms with Gasteiger partial charge in [-0.1, -0.05) is 39.0 Å². The van der Waals surface area contributed by atoms with Crippen molar-refractivity contribution in [3.63, 3.8) is 0 Å². The maximum absolute atomic E-state index is 8.83. The van der Waals surface area contributed by atoms with Crippen LogP contribution in [0, 0.1) is 0 Å². The maximum Gasteiger partial charge on any atom is 0.634 e. The van der Waals surface area contributed by atoms with Gasteiger partial charge in [0.15, 0.2) is 0 Å². The quantitative estimate of drug-likeness (QED) is 0.323. The van der Waals surface area contributed by atoms with Gasteiger partial charge < -0.3 is 14.7 Å². The molecule has 0 aromatic heterocycles. The summed E-state index contributed by atoms with van der Waals surface area (Å²) in [6.07, 6.45) is 9.73. The Hall–Kier alpha value is 0.235. The number of alkyl halides is 1. The first-order chi connectivity index (χ1) is 8.20. The minimum Gasteiger partial charge on any atom is -0.402 e. The third kappa shape index (κ3) is 12.5. The van der Waals surface area contributed by atoms with Crippen LogP contribution in [0.5, 0.6) is 0 Å². The molecule has 0 amide bonds. The predicted molar refractivity (Wildman–Crippen MR) is 73.0 cm³/mol. The van der Waals surface area contributed by atoms with Gasteiger partial charge in [-0.2, -0.15) is 0 Å². The highest BCUT2D eigenvalue weighted by Crippen LogP contribution is 2.15. The van der Waals surface area contributed by atoms with E-state index < -0.39 is 7.32 Å². The van der Waals surface area contributed by atoms with Crippen molar-refractivity contribution < 1.29 is 14.7 Å². The predicted octanol–water partition coefficient (Wildman–Crippen LogP) is 3.11. The van der Waals surface area contributed by atoms with Crippen molar-refractivity contribution in [2.24, 2.45) is 0 Å². The number of halogens is 1. The Labute approximate surface area is 111 Å². The molecular formula is C12H26BClO3. The van der Waals surface area contributed by atoms with Crippen molar-refractivity contribution in [1.82, 2.24) is 0 Å². The van der Waals surface area contributed by atoms with Gasteiger partial charge >= 0.3 is 7.32 Å². The molecule has 0 fully saturated rings. The lowest BCUT2D eigenvalue weighted by atomic mass is 10.0. The van der Waals surface area contributed by atoms with Crippen LogP contribution in [0.25, 0.3) is 0 Å². The van der Waals surface area contributed by atoms with Crippen LogP contribution >= 0.6 is 11.6 Å². The molecular weight excluding hydrogens is 238 g/mol. The van der Waals surface area contributed by atoms with Gasteiger partial charge in [-0.05, 0) is 25.7 Å². The second-order valence-electron chi connectivity index (χ2n) is 4.47. The average Bonchev–Trinajstić information content (AvgIpc) is 2.28. The van der Waals surface area contributed by atoms with Crippen LogP contribution in [0.1, 0.15) is 64.7 Å². The van der Waals surface area contributed by atoms with E-state index in [0.717, 1.165) is 32.1 Å². The molecule has 3 nitrogen and oxygen atoms in total. The zero-order valence-electron chi connectivity index (χ0n) is 10.9. The third-order valence-corrected chi connectivity index (χ3v) is 3.12. The van der Waals surface area contributed by atoms with Crippen LogP contribution < -0.4 is 0 Å². The zero-order valence-corrected chi connectivity index (χ0v) is 11.7. The van der Waals surface area contributed by atoms with Crippen molar-refractivity contribution in [2.45, 2.75) is 70.8 Å². The standard InChI is InChI=1S/C12H26BClO3/c1-2-3-4-5-6-9-12(17-13(15)16)10-7-8-11-14/h12,15-16H,2-11H2,1H3. The van der Waals surface area contributed by atoms with E-state index in [1.54, 1.807) is 0 Å². The minimum absolute atomic E-state index is 0.0418. The number of hydrogen-bond acceptors (Lipinski definition) is 3. The molecule has 0 aliphatic rings. The average molecular weight is 265 g/mol. The Bertz CT molecular complexity index is 159. The van der Waals surface area contributed by atoms with Crippen molar-refractivity contribution in [2.75, 3.05) is 5.88 Å². The molecule has 0 spiro atoms. The fraction of sp³-hybridized carbons (Fsp3) is 1.00. The summed E-state index contributed by atoms with van der Waals surface area (Å²) < 4.78 is 5.07. The smallest absolute Gasteiger partial charge is 0.402 e. The molecule has 5 heteroatoms. The molecule has 1 unspecified atom stereocenters. The molecule has 0 heterocycles. The van der Waals surface area contributed by atoms with E-state index >= 15 is 0 Å². The van der Waals surface area contributed by atoms with E-state index in [4.69, 9.17) is 26.3 Å². The highest BCUT2D eigenvalue weighted by molar-refractivity contribution is 6.32. The first kappa shape index (κ1) is 17.2. The van der Waals surface area contributed by atoms with Gasteiger partial charge in [0.2, 0.25) is 0 Å². The Morgan fingerprint density at radius 1 is 1.00 bits per heavy atom. The van der Waals surface area contributed by atoms with Crippen LogP contribution in [0.2, 0.25) is 0 Å². The van der Waals surface area contributed by atoms with Crippen molar-refractivity contribution in [1.29, 1.82) is 0 Å². The summed E-state index contributed by atoms with van der Waals surface area (Å²) in [5.74, 6) is 0.658. The van der Waals surface area contributed by atoms with E-state index in [-0.39, 0.29) is 6.10 Å². The molecule has 0 aliphatic carbocycles. The SMILES string of the molecule is CCCCCCCC(CCCCCl)OB(O)O. The highest BCUT2D eigenvalue weighted by Gasteiger charge is 2.17. The molecule has 0 saturated carbocycles. The molecule has 102 valence electrons. The van der Waals surface area contributed by atoms with Crippen molar-refractivity contribution in [3.05, 3.63) is 0 Å². The van der Waals surface area contributed by atoms with Crippen LogP contribution in [0.3, 0.4) is 0 Å². The maximum atomic E-state index is 8.83. The van der Waals surface area contributed by atoms with E-state index in [1.807, 2.05) is 0 Å². The van der Waals surface area contributed by atoms with Crippen LogP contribution in [-0.4, -0.2) is 29.4 Å². The molecule has 0 aliphatic heterocycles. The highest BCUT2D eigenvalue weighted by atomic mass is 35.5.